The van der Waals surface area contributed by atoms with Crippen molar-refractivity contribution in [3.8, 4) is 0 Å². The molecule has 1 unspecified atom stereocenters. The van der Waals surface area contributed by atoms with Crippen molar-refractivity contribution < 1.29 is 18.0 Å². The summed E-state index contributed by atoms with van der Waals surface area (Å²) in [6.45, 7) is 1.78. The number of rotatable bonds is 5. The predicted octanol–water partition coefficient (Wildman–Crippen LogP) is 3.30. The number of nitrogens with zero attached hydrogens (tertiary/aromatic N) is 1. The van der Waals surface area contributed by atoms with E-state index >= 15 is 0 Å². The highest BCUT2D eigenvalue weighted by atomic mass is 32.2. The monoisotopic (exact) mass is 357 g/mol. The molecule has 24 heavy (non-hydrogen) atoms. The van der Waals surface area contributed by atoms with Crippen LogP contribution in [-0.2, 0) is 11.0 Å². The van der Waals surface area contributed by atoms with Crippen LogP contribution in [-0.4, -0.2) is 21.1 Å². The Labute approximate surface area is 139 Å². The summed E-state index contributed by atoms with van der Waals surface area (Å²) in [6, 6.07) is 5.45. The fraction of sp³-hybridized carbons (Fsp3) is 0.267. The fourth-order valence-corrected chi connectivity index (χ4v) is 2.72. The normalized spacial score (nSPS) is 12.7. The van der Waals surface area contributed by atoms with Gasteiger partial charge in [0, 0.05) is 18.0 Å². The van der Waals surface area contributed by atoms with Crippen LogP contribution in [0.4, 0.5) is 18.9 Å². The molecule has 0 aliphatic rings. The highest BCUT2D eigenvalue weighted by Gasteiger charge is 2.30. The van der Waals surface area contributed by atoms with Gasteiger partial charge in [-0.2, -0.15) is 13.2 Å². The molecule has 0 saturated heterocycles. The molecule has 5 nitrogen and oxygen atoms in total. The van der Waals surface area contributed by atoms with Crippen molar-refractivity contribution in [2.45, 2.75) is 29.9 Å². The Kier molecular flexibility index (Phi) is 5.66. The van der Waals surface area contributed by atoms with Gasteiger partial charge in [0.05, 0.1) is 10.8 Å². The third-order valence-electron chi connectivity index (χ3n) is 3.04. The van der Waals surface area contributed by atoms with E-state index in [1.165, 1.54) is 24.4 Å². The summed E-state index contributed by atoms with van der Waals surface area (Å²) in [6.07, 6.45) is -2.63. The van der Waals surface area contributed by atoms with Gasteiger partial charge in [0.25, 0.3) is 5.56 Å². The van der Waals surface area contributed by atoms with Gasteiger partial charge in [-0.05, 0) is 30.7 Å². The molecule has 128 valence electrons. The molecule has 0 aliphatic carbocycles. The van der Waals surface area contributed by atoms with Gasteiger partial charge in [-0.25, -0.2) is 4.98 Å². The van der Waals surface area contributed by atoms with Gasteiger partial charge in [-0.3, -0.25) is 9.59 Å². The molecule has 0 fully saturated rings. The number of carbonyl (C=O) groups is 1. The van der Waals surface area contributed by atoms with E-state index in [4.69, 9.17) is 0 Å². The number of thioether (sulfide) groups is 1. The molecule has 2 aromatic rings. The molecule has 0 aliphatic heterocycles. The van der Waals surface area contributed by atoms with Gasteiger partial charge >= 0.3 is 6.18 Å². The summed E-state index contributed by atoms with van der Waals surface area (Å²) in [7, 11) is 0. The van der Waals surface area contributed by atoms with Gasteiger partial charge in [-0.15, -0.1) is 0 Å². The first-order valence-electron chi connectivity index (χ1n) is 6.99. The van der Waals surface area contributed by atoms with Crippen LogP contribution in [0, 0.1) is 0 Å². The minimum absolute atomic E-state index is 0.265. The zero-order valence-corrected chi connectivity index (χ0v) is 13.4. The van der Waals surface area contributed by atoms with E-state index < -0.39 is 17.0 Å². The molecular formula is C15H14F3N3O2S. The lowest BCUT2D eigenvalue weighted by molar-refractivity contribution is -0.137. The van der Waals surface area contributed by atoms with Crippen molar-refractivity contribution in [1.82, 2.24) is 9.97 Å². The zero-order chi connectivity index (χ0) is 17.7. The van der Waals surface area contributed by atoms with Crippen LogP contribution in [0.3, 0.4) is 0 Å². The predicted molar refractivity (Wildman–Crippen MR) is 84.9 cm³/mol. The Morgan fingerprint density at radius 3 is 2.50 bits per heavy atom. The second-order valence-electron chi connectivity index (χ2n) is 4.82. The average molecular weight is 357 g/mol. The van der Waals surface area contributed by atoms with Crippen LogP contribution >= 0.6 is 11.8 Å². The standard InChI is InChI=1S/C15H14F3N3O2S/c1-2-11(24-14-19-8-7-12(22)21-14)13(23)20-10-5-3-9(4-6-10)15(16,17)18/h3-8,11H,2H2,1H3,(H,20,23)(H,19,21,22). The van der Waals surface area contributed by atoms with Gasteiger partial charge in [0.15, 0.2) is 5.16 Å². The molecule has 2 N–H and O–H groups in total. The van der Waals surface area contributed by atoms with Crippen LogP contribution in [0.25, 0.3) is 0 Å². The van der Waals surface area contributed by atoms with E-state index in [0.717, 1.165) is 23.9 Å². The number of alkyl halides is 3. The van der Waals surface area contributed by atoms with Crippen LogP contribution in [0.15, 0.2) is 46.5 Å². The minimum atomic E-state index is -4.42. The van der Waals surface area contributed by atoms with Crippen LogP contribution in [0.5, 0.6) is 0 Å². The topological polar surface area (TPSA) is 74.8 Å². The lowest BCUT2D eigenvalue weighted by Gasteiger charge is -2.14. The van der Waals surface area contributed by atoms with Crippen LogP contribution < -0.4 is 10.9 Å². The highest BCUT2D eigenvalue weighted by Crippen LogP contribution is 2.30. The highest BCUT2D eigenvalue weighted by molar-refractivity contribution is 8.00. The number of aromatic nitrogens is 2. The second kappa shape index (κ2) is 7.52. The summed E-state index contributed by atoms with van der Waals surface area (Å²) >= 11 is 1.08. The van der Waals surface area contributed by atoms with E-state index in [1.807, 2.05) is 0 Å². The lowest BCUT2D eigenvalue weighted by Crippen LogP contribution is -2.25. The van der Waals surface area contributed by atoms with Crippen molar-refractivity contribution >= 4 is 23.4 Å². The van der Waals surface area contributed by atoms with Crippen LogP contribution in [0.2, 0.25) is 0 Å². The van der Waals surface area contributed by atoms with Crippen molar-refractivity contribution in [3.63, 3.8) is 0 Å². The first kappa shape index (κ1) is 18.1. The van der Waals surface area contributed by atoms with E-state index in [9.17, 15) is 22.8 Å². The van der Waals surface area contributed by atoms with E-state index in [-0.39, 0.29) is 17.2 Å². The molecule has 0 radical (unpaired) electrons. The summed E-state index contributed by atoms with van der Waals surface area (Å²) in [5.74, 6) is -0.381. The number of H-pyrrole nitrogens is 1. The third-order valence-corrected chi connectivity index (χ3v) is 4.31. The largest absolute Gasteiger partial charge is 0.416 e. The Balaban J connectivity index is 2.05. The maximum absolute atomic E-state index is 12.5. The number of carbonyl (C=O) groups excluding carboxylic acids is 1. The molecule has 1 atom stereocenters. The summed E-state index contributed by atoms with van der Waals surface area (Å²) < 4.78 is 37.5. The number of hydrogen-bond acceptors (Lipinski definition) is 4. The molecule has 1 aromatic heterocycles. The van der Waals surface area contributed by atoms with Gasteiger partial charge < -0.3 is 10.3 Å². The summed E-state index contributed by atoms with van der Waals surface area (Å²) in [4.78, 5) is 29.9. The molecule has 1 amide bonds. The maximum atomic E-state index is 12.5. The summed E-state index contributed by atoms with van der Waals surface area (Å²) in [5.41, 5.74) is -0.847. The van der Waals surface area contributed by atoms with Gasteiger partial charge in [-0.1, -0.05) is 18.7 Å². The average Bonchev–Trinajstić information content (AvgIpc) is 2.52. The number of halogens is 3. The first-order valence-corrected chi connectivity index (χ1v) is 7.87. The Morgan fingerprint density at radius 1 is 1.29 bits per heavy atom. The molecule has 9 heteroatoms. The van der Waals surface area contributed by atoms with Crippen molar-refractivity contribution in [2.24, 2.45) is 0 Å². The molecule has 1 heterocycles. The molecule has 1 aromatic carbocycles. The number of aromatic amines is 1. The molecular weight excluding hydrogens is 343 g/mol. The second-order valence-corrected chi connectivity index (χ2v) is 6.01. The summed E-state index contributed by atoms with van der Waals surface area (Å²) in [5, 5.41) is 2.32. The smallest absolute Gasteiger partial charge is 0.325 e. The SMILES string of the molecule is CCC(Sc1nccc(=O)[nH]1)C(=O)Nc1ccc(C(F)(F)F)cc1. The molecule has 0 saturated carbocycles. The number of hydrogen-bond donors (Lipinski definition) is 2. The maximum Gasteiger partial charge on any atom is 0.416 e. The van der Waals surface area contributed by atoms with Gasteiger partial charge in [0.1, 0.15) is 0 Å². The number of benzene rings is 1. The Bertz CT molecular complexity index is 760. The number of nitrogens with one attached hydrogen (secondary N) is 2. The van der Waals surface area contributed by atoms with E-state index in [0.29, 0.717) is 11.6 Å². The quantitative estimate of drug-likeness (QED) is 0.636. The van der Waals surface area contributed by atoms with Crippen molar-refractivity contribution in [1.29, 1.82) is 0 Å². The van der Waals surface area contributed by atoms with E-state index in [1.54, 1.807) is 6.92 Å². The molecule has 2 rings (SSSR count). The number of anilines is 1. The number of amides is 1. The van der Waals surface area contributed by atoms with Gasteiger partial charge in [0.2, 0.25) is 5.91 Å². The Morgan fingerprint density at radius 2 is 1.96 bits per heavy atom. The minimum Gasteiger partial charge on any atom is -0.325 e. The lowest BCUT2D eigenvalue weighted by atomic mass is 10.2. The molecule has 0 spiro atoms. The van der Waals surface area contributed by atoms with Crippen molar-refractivity contribution in [3.05, 3.63) is 52.4 Å². The molecule has 0 bridgehead atoms. The fourth-order valence-electron chi connectivity index (χ4n) is 1.83. The van der Waals surface area contributed by atoms with E-state index in [2.05, 4.69) is 15.3 Å². The first-order chi connectivity index (χ1) is 11.3. The zero-order valence-electron chi connectivity index (χ0n) is 12.6. The van der Waals surface area contributed by atoms with Crippen molar-refractivity contribution in [2.75, 3.05) is 5.32 Å². The third kappa shape index (κ3) is 4.85. The Hall–Kier alpha value is -2.29. The van der Waals surface area contributed by atoms with Crippen LogP contribution in [0.1, 0.15) is 18.9 Å².